The first-order valence-electron chi connectivity index (χ1n) is 12.4. The van der Waals surface area contributed by atoms with E-state index < -0.39 is 68.5 Å². The summed E-state index contributed by atoms with van der Waals surface area (Å²) in [5.41, 5.74) is 2.14. The number of alkyl halides is 1. The first-order chi connectivity index (χ1) is 18.9. The minimum Gasteiger partial charge on any atom is -0.463 e. The van der Waals surface area contributed by atoms with Crippen LogP contribution in [0.25, 0.3) is 11.2 Å². The van der Waals surface area contributed by atoms with Crippen LogP contribution in [0.5, 0.6) is 5.75 Å². The number of aromatic nitrogens is 4. The van der Waals surface area contributed by atoms with E-state index in [0.717, 1.165) is 10.9 Å². The number of imidazole rings is 1. The average molecular weight is 584 g/mol. The number of halogens is 1. The molecule has 1 aliphatic rings. The molecular formula is C24H31FN5O9P. The number of nitrogens with one attached hydrogen (secondary N) is 1. The zero-order chi connectivity index (χ0) is 29.2. The van der Waals surface area contributed by atoms with Crippen molar-refractivity contribution in [3.8, 4) is 5.75 Å². The number of ether oxygens (including phenoxy) is 2. The third kappa shape index (κ3) is 6.03. The number of carbonyl (C=O) groups is 1. The number of aliphatic hydroxyl groups excluding tert-OH is 1. The first kappa shape index (κ1) is 29.6. The minimum absolute atomic E-state index is 0.123. The van der Waals surface area contributed by atoms with E-state index in [1.54, 1.807) is 32.0 Å². The molecule has 6 atom stereocenters. The van der Waals surface area contributed by atoms with Gasteiger partial charge in [-0.25, -0.2) is 13.9 Å². The second-order valence-corrected chi connectivity index (χ2v) is 11.8. The number of nitrogen functional groups attached to an aromatic ring is 1. The third-order valence-corrected chi connectivity index (χ3v) is 8.21. The van der Waals surface area contributed by atoms with Gasteiger partial charge in [0.25, 0.3) is 5.56 Å². The van der Waals surface area contributed by atoms with Crippen molar-refractivity contribution in [2.24, 2.45) is 5.92 Å². The summed E-state index contributed by atoms with van der Waals surface area (Å²) < 4.78 is 51.4. The fraction of sp³-hybridized carbons (Fsp3) is 0.500. The Kier molecular flexibility index (Phi) is 8.61. The summed E-state index contributed by atoms with van der Waals surface area (Å²) >= 11 is 0. The van der Waals surface area contributed by atoms with Crippen molar-refractivity contribution < 1.29 is 42.5 Å². The predicted molar refractivity (Wildman–Crippen MR) is 139 cm³/mol. The first-order valence-corrected chi connectivity index (χ1v) is 14.1. The Bertz CT molecular complexity index is 1450. The number of aromatic amines is 1. The number of nitrogens with two attached hydrogens (primary N) is 1. The van der Waals surface area contributed by atoms with E-state index in [0.29, 0.717) is 0 Å². The van der Waals surface area contributed by atoms with E-state index in [1.165, 1.54) is 19.1 Å². The molecule has 0 bridgehead atoms. The van der Waals surface area contributed by atoms with Gasteiger partial charge in [0.15, 0.2) is 23.0 Å². The number of nitrogens with zero attached hydrogens (tertiary/aromatic N) is 3. The second kappa shape index (κ2) is 11.6. The summed E-state index contributed by atoms with van der Waals surface area (Å²) in [5, 5.41) is 21.9. The van der Waals surface area contributed by atoms with Crippen LogP contribution >= 0.6 is 7.60 Å². The zero-order valence-electron chi connectivity index (χ0n) is 22.0. The maximum Gasteiger partial charge on any atom is 0.380 e. The molecule has 1 fully saturated rings. The van der Waals surface area contributed by atoms with Gasteiger partial charge in [-0.3, -0.25) is 23.7 Å². The highest BCUT2D eigenvalue weighted by Gasteiger charge is 2.57. The van der Waals surface area contributed by atoms with Crippen LogP contribution in [0.1, 0.15) is 27.0 Å². The number of H-pyrrole nitrogens is 1. The molecule has 0 spiro atoms. The summed E-state index contributed by atoms with van der Waals surface area (Å²) in [4.78, 5) is 34.7. The molecular weight excluding hydrogens is 552 g/mol. The van der Waals surface area contributed by atoms with Gasteiger partial charge in [0.1, 0.15) is 24.6 Å². The molecule has 218 valence electrons. The predicted octanol–water partition coefficient (Wildman–Crippen LogP) is 1.54. The molecule has 14 nitrogen and oxygen atoms in total. The molecule has 1 saturated heterocycles. The molecule has 0 saturated carbocycles. The summed E-state index contributed by atoms with van der Waals surface area (Å²) in [6.07, 6.45) is -4.62. The SMILES string of the molecule is CC(C)OC(=O)[C@H](C)C[P@](=O)(OC[C@H]1O[C@@H](n2cnc3c(=O)[nH]c(N)nc32)C(O)(CF)[C@H]1O)Oc1ccccc1. The Balaban J connectivity index is 1.58. The van der Waals surface area contributed by atoms with Crippen LogP contribution in [-0.4, -0.2) is 79.1 Å². The van der Waals surface area contributed by atoms with E-state index in [4.69, 9.17) is 24.3 Å². The third-order valence-electron chi connectivity index (χ3n) is 6.19. The van der Waals surface area contributed by atoms with Crippen LogP contribution in [0.2, 0.25) is 0 Å². The van der Waals surface area contributed by atoms with Gasteiger partial charge in [-0.15, -0.1) is 0 Å². The van der Waals surface area contributed by atoms with Gasteiger partial charge in [0.2, 0.25) is 5.95 Å². The van der Waals surface area contributed by atoms with Crippen molar-refractivity contribution >= 4 is 30.7 Å². The van der Waals surface area contributed by atoms with Gasteiger partial charge in [-0.2, -0.15) is 4.98 Å². The second-order valence-electron chi connectivity index (χ2n) is 9.75. The Morgan fingerprint density at radius 1 is 1.32 bits per heavy atom. The van der Waals surface area contributed by atoms with Crippen molar-refractivity contribution in [2.75, 3.05) is 25.2 Å². The number of para-hydroxylation sites is 1. The molecule has 40 heavy (non-hydrogen) atoms. The molecule has 0 radical (unpaired) electrons. The summed E-state index contributed by atoms with van der Waals surface area (Å²) in [6.45, 7) is 2.75. The van der Waals surface area contributed by atoms with E-state index in [1.807, 2.05) is 0 Å². The van der Waals surface area contributed by atoms with Crippen LogP contribution in [0.3, 0.4) is 0 Å². The Morgan fingerprint density at radius 3 is 2.67 bits per heavy atom. The smallest absolute Gasteiger partial charge is 0.380 e. The molecule has 16 heteroatoms. The van der Waals surface area contributed by atoms with E-state index in [-0.39, 0.29) is 29.0 Å². The standard InChI is InChI=1S/C24H31FN5O9P/c1-13(2)37-21(33)14(3)10-40(35,39-15-7-5-4-6-8-15)36-9-16-18(31)24(34,11-25)22(38-16)30-12-27-17-19(30)28-23(26)29-20(17)32/h4-8,12-14,16,18,22,31,34H,9-11H2,1-3H3,(H3,26,28,29,32)/t14-,16-,18+,22-,24?,40+/m1/s1. The van der Waals surface area contributed by atoms with Gasteiger partial charge in [0, 0.05) is 0 Å². The molecule has 1 aliphatic heterocycles. The van der Waals surface area contributed by atoms with Crippen molar-refractivity contribution in [1.82, 2.24) is 19.5 Å². The lowest BCUT2D eigenvalue weighted by Gasteiger charge is -2.28. The monoisotopic (exact) mass is 583 g/mol. The lowest BCUT2D eigenvalue weighted by atomic mass is 9.95. The fourth-order valence-electron chi connectivity index (χ4n) is 4.23. The highest BCUT2D eigenvalue weighted by atomic mass is 31.2. The summed E-state index contributed by atoms with van der Waals surface area (Å²) in [7, 11) is -4.12. The van der Waals surface area contributed by atoms with E-state index in [9.17, 15) is 28.8 Å². The molecule has 0 amide bonds. The zero-order valence-corrected chi connectivity index (χ0v) is 22.9. The highest BCUT2D eigenvalue weighted by molar-refractivity contribution is 7.54. The Labute approximate surface area is 227 Å². The van der Waals surface area contributed by atoms with Gasteiger partial charge in [-0.05, 0) is 26.0 Å². The van der Waals surface area contributed by atoms with Gasteiger partial charge < -0.3 is 29.9 Å². The quantitative estimate of drug-likeness (QED) is 0.188. The summed E-state index contributed by atoms with van der Waals surface area (Å²) in [6, 6.07) is 8.09. The normalized spacial score (nSPS) is 25.1. The lowest BCUT2D eigenvalue weighted by molar-refractivity contribution is -0.151. The van der Waals surface area contributed by atoms with E-state index >= 15 is 0 Å². The average Bonchev–Trinajstić information content (AvgIpc) is 3.42. The number of anilines is 1. The maximum atomic E-state index is 14.2. The van der Waals surface area contributed by atoms with Crippen LogP contribution in [0.4, 0.5) is 10.3 Å². The number of hydrogen-bond acceptors (Lipinski definition) is 12. The topological polar surface area (TPSA) is 201 Å². The van der Waals surface area contributed by atoms with Gasteiger partial charge in [0.05, 0.1) is 31.1 Å². The number of carbonyl (C=O) groups excluding carboxylic acids is 1. The summed E-state index contributed by atoms with van der Waals surface area (Å²) in [5.74, 6) is -1.58. The Hall–Kier alpha value is -3.36. The molecule has 1 unspecified atom stereocenters. The van der Waals surface area contributed by atoms with Crippen molar-refractivity contribution in [3.05, 3.63) is 47.0 Å². The number of aliphatic hydroxyl groups is 2. The lowest BCUT2D eigenvalue weighted by Crippen LogP contribution is -2.49. The van der Waals surface area contributed by atoms with Crippen LogP contribution in [0.15, 0.2) is 41.5 Å². The Morgan fingerprint density at radius 2 is 2.02 bits per heavy atom. The van der Waals surface area contributed by atoms with Gasteiger partial charge >= 0.3 is 13.6 Å². The van der Waals surface area contributed by atoms with E-state index in [2.05, 4.69) is 15.0 Å². The molecule has 1 aromatic carbocycles. The molecule has 3 heterocycles. The molecule has 2 aromatic heterocycles. The van der Waals surface area contributed by atoms with Crippen LogP contribution < -0.4 is 15.8 Å². The van der Waals surface area contributed by atoms with Crippen molar-refractivity contribution in [1.29, 1.82) is 0 Å². The molecule has 4 rings (SSSR count). The van der Waals surface area contributed by atoms with Crippen LogP contribution in [-0.2, 0) is 23.4 Å². The number of rotatable bonds is 11. The van der Waals surface area contributed by atoms with Crippen molar-refractivity contribution in [3.63, 3.8) is 0 Å². The fourth-order valence-corrected chi connectivity index (χ4v) is 6.10. The number of benzene rings is 1. The van der Waals surface area contributed by atoms with Crippen LogP contribution in [0, 0.1) is 5.92 Å². The molecule has 3 aromatic rings. The molecule has 5 N–H and O–H groups in total. The highest BCUT2D eigenvalue weighted by Crippen LogP contribution is 2.51. The minimum atomic E-state index is -4.12. The number of fused-ring (bicyclic) bond motifs is 1. The largest absolute Gasteiger partial charge is 0.463 e. The number of esters is 1. The number of hydrogen-bond donors (Lipinski definition) is 4. The van der Waals surface area contributed by atoms with Crippen molar-refractivity contribution in [2.45, 2.75) is 50.9 Å². The van der Waals surface area contributed by atoms with Gasteiger partial charge in [-0.1, -0.05) is 25.1 Å². The molecule has 0 aliphatic carbocycles. The maximum absolute atomic E-state index is 14.2.